The number of unbranched alkanes of at least 4 members (excludes halogenated alkanes) is 1. The summed E-state index contributed by atoms with van der Waals surface area (Å²) in [4.78, 5) is 24.8. The van der Waals surface area contributed by atoms with Crippen molar-refractivity contribution in [1.29, 1.82) is 0 Å². The summed E-state index contributed by atoms with van der Waals surface area (Å²) in [6.07, 6.45) is -0.560. The summed E-state index contributed by atoms with van der Waals surface area (Å²) in [6.45, 7) is 2.44. The van der Waals surface area contributed by atoms with Crippen LogP contribution in [0.3, 0.4) is 0 Å². The highest BCUT2D eigenvalue weighted by Crippen LogP contribution is 2.32. The summed E-state index contributed by atoms with van der Waals surface area (Å²) in [5.74, 6) is -1.89. The molecule has 1 aromatic carbocycles. The van der Waals surface area contributed by atoms with E-state index in [-0.39, 0.29) is 42.5 Å². The monoisotopic (exact) mass is 611 g/mol. The number of likely N-dealkylation sites (tertiary alicyclic amines) is 1. The highest BCUT2D eigenvalue weighted by Gasteiger charge is 2.35. The summed E-state index contributed by atoms with van der Waals surface area (Å²) in [6, 6.07) is 4.54. The average Bonchev–Trinajstić information content (AvgIpc) is 3.70. The van der Waals surface area contributed by atoms with Gasteiger partial charge in [0.05, 0.1) is 17.3 Å². The van der Waals surface area contributed by atoms with Gasteiger partial charge in [-0.2, -0.15) is 18.3 Å². The number of rotatable bonds is 10. The Labute approximate surface area is 243 Å². The van der Waals surface area contributed by atoms with E-state index in [1.54, 1.807) is 4.90 Å². The summed E-state index contributed by atoms with van der Waals surface area (Å²) in [7, 11) is 0. The number of aryl methyl sites for hydroxylation is 1. The molecule has 14 heteroatoms. The van der Waals surface area contributed by atoms with Crippen LogP contribution in [0.25, 0.3) is 0 Å². The third kappa shape index (κ3) is 7.08. The van der Waals surface area contributed by atoms with E-state index < -0.39 is 23.5 Å². The number of nitrogens with zero attached hydrogens (tertiary/aromatic N) is 5. The second-order valence-corrected chi connectivity index (χ2v) is 11.3. The number of carbonyl (C=O) groups excluding carboxylic acids is 1. The first kappa shape index (κ1) is 29.9. The fraction of sp³-hybridized carbons (Fsp3) is 0.500. The number of piperidine rings is 1. The van der Waals surface area contributed by atoms with Crippen molar-refractivity contribution in [3.05, 3.63) is 63.4 Å². The number of ether oxygens (including phenoxy) is 1. The fourth-order valence-corrected chi connectivity index (χ4v) is 6.02. The predicted octanol–water partition coefficient (Wildman–Crippen LogP) is 6.09. The zero-order valence-corrected chi connectivity index (χ0v) is 23.7. The Morgan fingerprint density at radius 1 is 1.17 bits per heavy atom. The molecule has 0 bridgehead atoms. The van der Waals surface area contributed by atoms with Crippen molar-refractivity contribution < 1.29 is 36.3 Å². The number of halogens is 5. The van der Waals surface area contributed by atoms with E-state index >= 15 is 0 Å². The molecule has 226 valence electrons. The van der Waals surface area contributed by atoms with Crippen LogP contribution in [-0.4, -0.2) is 57.1 Å². The summed E-state index contributed by atoms with van der Waals surface area (Å²) < 4.78 is 72.4. The second-order valence-electron chi connectivity index (χ2n) is 10.4. The standard InChI is InChI=1S/C28H30F5N5O3S/c1-17-13-24(28(31,32)33)35-38(17)15-25(39)37-10-8-18(9-11-37)27-34-23(16-42-27)22-14-19(41-36-22)5-2-3-12-40-26-20(29)6-4-7-21(26)30/h4,6-7,13,16,18-19H,2-3,5,8-12,14-15H2,1H3. The summed E-state index contributed by atoms with van der Waals surface area (Å²) >= 11 is 1.54. The molecule has 0 aliphatic carbocycles. The minimum absolute atomic E-state index is 0.102. The zero-order valence-electron chi connectivity index (χ0n) is 22.9. The van der Waals surface area contributed by atoms with Crippen LogP contribution in [0.5, 0.6) is 5.75 Å². The molecular weight excluding hydrogens is 581 g/mol. The third-order valence-corrected chi connectivity index (χ3v) is 8.40. The first-order chi connectivity index (χ1) is 20.1. The van der Waals surface area contributed by atoms with Gasteiger partial charge in [0, 0.05) is 36.5 Å². The molecule has 0 N–H and O–H groups in total. The lowest BCUT2D eigenvalue weighted by Crippen LogP contribution is -2.40. The van der Waals surface area contributed by atoms with Crippen LogP contribution in [0, 0.1) is 18.6 Å². The molecule has 0 spiro atoms. The molecule has 0 saturated carbocycles. The fourth-order valence-electron chi connectivity index (χ4n) is 5.02. The topological polar surface area (TPSA) is 81.8 Å². The van der Waals surface area contributed by atoms with Crippen LogP contribution in [0.15, 0.2) is 34.8 Å². The van der Waals surface area contributed by atoms with E-state index in [0.717, 1.165) is 52.1 Å². The van der Waals surface area contributed by atoms with E-state index in [4.69, 9.17) is 14.6 Å². The SMILES string of the molecule is Cc1cc(C(F)(F)F)nn1CC(=O)N1CCC(c2nc(C3=NOC(CCCCOc4c(F)cccc4F)C3)cs2)CC1. The van der Waals surface area contributed by atoms with E-state index in [2.05, 4.69) is 10.3 Å². The Balaban J connectivity index is 1.03. The Bertz CT molecular complexity index is 1410. The molecule has 8 nitrogen and oxygen atoms in total. The number of carbonyl (C=O) groups is 1. The lowest BCUT2D eigenvalue weighted by atomic mass is 9.97. The Hall–Kier alpha value is -3.55. The zero-order chi connectivity index (χ0) is 29.9. The number of aromatic nitrogens is 3. The van der Waals surface area contributed by atoms with Crippen LogP contribution in [0.2, 0.25) is 0 Å². The molecule has 42 heavy (non-hydrogen) atoms. The minimum atomic E-state index is -4.55. The lowest BCUT2D eigenvalue weighted by molar-refractivity contribution is -0.142. The van der Waals surface area contributed by atoms with Crippen molar-refractivity contribution in [3.63, 3.8) is 0 Å². The minimum Gasteiger partial charge on any atom is -0.488 e. The number of hydrogen-bond acceptors (Lipinski definition) is 7. The largest absolute Gasteiger partial charge is 0.488 e. The molecule has 3 aromatic rings. The van der Waals surface area contributed by atoms with Crippen molar-refractivity contribution >= 4 is 23.0 Å². The molecule has 2 aliphatic rings. The van der Waals surface area contributed by atoms with E-state index in [1.807, 2.05) is 5.38 Å². The molecule has 1 atom stereocenters. The maximum absolute atomic E-state index is 13.6. The number of oxime groups is 1. The predicted molar refractivity (Wildman–Crippen MR) is 144 cm³/mol. The lowest BCUT2D eigenvalue weighted by Gasteiger charge is -2.31. The van der Waals surface area contributed by atoms with Gasteiger partial charge in [-0.05, 0) is 57.2 Å². The maximum Gasteiger partial charge on any atom is 0.435 e. The van der Waals surface area contributed by atoms with Gasteiger partial charge in [0.25, 0.3) is 0 Å². The highest BCUT2D eigenvalue weighted by molar-refractivity contribution is 7.10. The average molecular weight is 612 g/mol. The van der Waals surface area contributed by atoms with E-state index in [9.17, 15) is 26.7 Å². The molecule has 2 aliphatic heterocycles. The molecule has 2 aromatic heterocycles. The molecule has 1 fully saturated rings. The third-order valence-electron chi connectivity index (χ3n) is 7.39. The number of amides is 1. The van der Waals surface area contributed by atoms with Gasteiger partial charge in [0.1, 0.15) is 18.4 Å². The van der Waals surface area contributed by atoms with Gasteiger partial charge >= 0.3 is 6.18 Å². The number of hydrogen-bond donors (Lipinski definition) is 0. The second kappa shape index (κ2) is 12.8. The van der Waals surface area contributed by atoms with E-state index in [0.29, 0.717) is 38.8 Å². The Morgan fingerprint density at radius 3 is 2.60 bits per heavy atom. The molecular formula is C28H30F5N5O3S. The first-order valence-electron chi connectivity index (χ1n) is 13.7. The molecule has 4 heterocycles. The van der Waals surface area contributed by atoms with Gasteiger partial charge in [-0.15, -0.1) is 11.3 Å². The number of para-hydroxylation sites is 1. The van der Waals surface area contributed by atoms with Gasteiger partial charge in [0.2, 0.25) is 5.91 Å². The number of thiazole rings is 1. The van der Waals surface area contributed by atoms with Crippen molar-refractivity contribution in [2.24, 2.45) is 5.16 Å². The molecule has 1 unspecified atom stereocenters. The van der Waals surface area contributed by atoms with Gasteiger partial charge < -0.3 is 14.5 Å². The van der Waals surface area contributed by atoms with Crippen LogP contribution in [0.1, 0.15) is 66.5 Å². The smallest absolute Gasteiger partial charge is 0.435 e. The van der Waals surface area contributed by atoms with Crippen molar-refractivity contribution in [3.8, 4) is 5.75 Å². The normalized spacial score (nSPS) is 17.8. The first-order valence-corrected chi connectivity index (χ1v) is 14.6. The van der Waals surface area contributed by atoms with Crippen molar-refractivity contribution in [1.82, 2.24) is 19.7 Å². The summed E-state index contributed by atoms with van der Waals surface area (Å²) in [5, 5.41) is 10.7. The van der Waals surface area contributed by atoms with Gasteiger partial charge in [-0.1, -0.05) is 11.2 Å². The Kier molecular flexibility index (Phi) is 9.09. The van der Waals surface area contributed by atoms with E-state index in [1.165, 1.54) is 24.3 Å². The number of benzene rings is 1. The quantitative estimate of drug-likeness (QED) is 0.205. The molecule has 5 rings (SSSR count). The van der Waals surface area contributed by atoms with Crippen molar-refractivity contribution in [2.75, 3.05) is 19.7 Å². The van der Waals surface area contributed by atoms with Crippen LogP contribution >= 0.6 is 11.3 Å². The highest BCUT2D eigenvalue weighted by atomic mass is 32.1. The van der Waals surface area contributed by atoms with Crippen LogP contribution in [-0.2, 0) is 22.4 Å². The summed E-state index contributed by atoms with van der Waals surface area (Å²) in [5.41, 5.74) is 0.822. The number of alkyl halides is 3. The van der Waals surface area contributed by atoms with Crippen molar-refractivity contribution in [2.45, 2.75) is 70.2 Å². The van der Waals surface area contributed by atoms with Gasteiger partial charge in [-0.3, -0.25) is 9.48 Å². The maximum atomic E-state index is 13.6. The molecule has 0 radical (unpaired) electrons. The van der Waals surface area contributed by atoms with Crippen LogP contribution < -0.4 is 4.74 Å². The van der Waals surface area contributed by atoms with Crippen LogP contribution in [0.4, 0.5) is 22.0 Å². The van der Waals surface area contributed by atoms with Gasteiger partial charge in [-0.25, -0.2) is 13.8 Å². The van der Waals surface area contributed by atoms with Gasteiger partial charge in [0.15, 0.2) is 23.1 Å². The Morgan fingerprint density at radius 2 is 1.90 bits per heavy atom. The molecule has 1 amide bonds. The molecule has 1 saturated heterocycles.